The van der Waals surface area contributed by atoms with E-state index in [1.54, 1.807) is 0 Å². The maximum Gasteiger partial charge on any atom is 0.0601 e. The smallest absolute Gasteiger partial charge is 0.0601 e. The Morgan fingerprint density at radius 3 is 2.67 bits per heavy atom. The fraction of sp³-hybridized carbons (Fsp3) is 1.00. The summed E-state index contributed by atoms with van der Waals surface area (Å²) in [6, 6.07) is 0.381. The van der Waals surface area contributed by atoms with Gasteiger partial charge in [-0.1, -0.05) is 26.2 Å². The quantitative estimate of drug-likeness (QED) is 0.819. The van der Waals surface area contributed by atoms with Crippen LogP contribution < -0.4 is 0 Å². The lowest BCUT2D eigenvalue weighted by molar-refractivity contribution is -0.0245. The summed E-state index contributed by atoms with van der Waals surface area (Å²) in [6.07, 6.45) is 9.45. The molecule has 3 unspecified atom stereocenters. The fourth-order valence-electron chi connectivity index (χ4n) is 3.41. The van der Waals surface area contributed by atoms with Crippen molar-refractivity contribution in [1.82, 2.24) is 4.90 Å². The molecule has 1 saturated heterocycles. The molecule has 106 valence electrons. The van der Waals surface area contributed by atoms with E-state index in [-0.39, 0.29) is 0 Å². The highest BCUT2D eigenvalue weighted by molar-refractivity contribution is 4.77. The minimum Gasteiger partial charge on any atom is -0.395 e. The van der Waals surface area contributed by atoms with E-state index < -0.39 is 0 Å². The first-order valence-corrected chi connectivity index (χ1v) is 7.77. The molecule has 1 heterocycles. The third kappa shape index (κ3) is 3.94. The molecule has 2 fully saturated rings. The van der Waals surface area contributed by atoms with Crippen LogP contribution in [0.2, 0.25) is 0 Å². The standard InChI is InChI=1S/C15H29NO2/c1-13-6-2-3-8-15(13)18-11-10-16-9-5-4-7-14(16)12-17/h13-15,17H,2-12H2,1H3. The van der Waals surface area contributed by atoms with Gasteiger partial charge in [0.2, 0.25) is 0 Å². The fourth-order valence-corrected chi connectivity index (χ4v) is 3.41. The molecular weight excluding hydrogens is 226 g/mol. The lowest BCUT2D eigenvalue weighted by Crippen LogP contribution is -2.44. The van der Waals surface area contributed by atoms with Crippen LogP contribution in [-0.2, 0) is 4.74 Å². The van der Waals surface area contributed by atoms with Crippen LogP contribution in [0.25, 0.3) is 0 Å². The summed E-state index contributed by atoms with van der Waals surface area (Å²) in [5.74, 6) is 0.730. The largest absolute Gasteiger partial charge is 0.395 e. The molecule has 0 amide bonds. The molecule has 0 radical (unpaired) electrons. The Balaban J connectivity index is 1.67. The molecule has 0 aromatic rings. The van der Waals surface area contributed by atoms with Crippen molar-refractivity contribution in [2.75, 3.05) is 26.3 Å². The molecule has 18 heavy (non-hydrogen) atoms. The van der Waals surface area contributed by atoms with Crippen molar-refractivity contribution in [3.05, 3.63) is 0 Å². The van der Waals surface area contributed by atoms with Crippen molar-refractivity contribution in [2.24, 2.45) is 5.92 Å². The Hall–Kier alpha value is -0.120. The first kappa shape index (κ1) is 14.3. The van der Waals surface area contributed by atoms with Gasteiger partial charge in [0.25, 0.3) is 0 Å². The van der Waals surface area contributed by atoms with Gasteiger partial charge in [-0.25, -0.2) is 0 Å². The summed E-state index contributed by atoms with van der Waals surface area (Å²) < 4.78 is 6.07. The van der Waals surface area contributed by atoms with Gasteiger partial charge >= 0.3 is 0 Å². The molecule has 1 aliphatic heterocycles. The molecule has 1 N–H and O–H groups in total. The Labute approximate surface area is 112 Å². The van der Waals surface area contributed by atoms with E-state index >= 15 is 0 Å². The van der Waals surface area contributed by atoms with E-state index in [4.69, 9.17) is 4.74 Å². The Kier molecular flexibility index (Phi) is 5.93. The van der Waals surface area contributed by atoms with Crippen molar-refractivity contribution >= 4 is 0 Å². The van der Waals surface area contributed by atoms with Crippen molar-refractivity contribution in [1.29, 1.82) is 0 Å². The zero-order valence-electron chi connectivity index (χ0n) is 11.8. The van der Waals surface area contributed by atoms with Gasteiger partial charge in [-0.05, 0) is 38.1 Å². The van der Waals surface area contributed by atoms with Crippen LogP contribution in [0.4, 0.5) is 0 Å². The average Bonchev–Trinajstić information content (AvgIpc) is 2.41. The molecule has 0 bridgehead atoms. The first-order chi connectivity index (χ1) is 8.81. The van der Waals surface area contributed by atoms with Gasteiger partial charge in [-0.3, -0.25) is 4.90 Å². The number of ether oxygens (including phenoxy) is 1. The SMILES string of the molecule is CC1CCCCC1OCCN1CCCCC1CO. The molecule has 3 nitrogen and oxygen atoms in total. The lowest BCUT2D eigenvalue weighted by atomic mass is 9.88. The Bertz CT molecular complexity index is 235. The van der Waals surface area contributed by atoms with Crippen LogP contribution in [-0.4, -0.2) is 48.5 Å². The van der Waals surface area contributed by atoms with Crippen LogP contribution in [0, 0.1) is 5.92 Å². The lowest BCUT2D eigenvalue weighted by Gasteiger charge is -2.35. The summed E-state index contributed by atoms with van der Waals surface area (Å²) in [4.78, 5) is 2.41. The van der Waals surface area contributed by atoms with Gasteiger partial charge in [0, 0.05) is 12.6 Å². The summed E-state index contributed by atoms with van der Waals surface area (Å²) in [5, 5.41) is 9.37. The normalized spacial score (nSPS) is 34.7. The maximum absolute atomic E-state index is 9.37. The van der Waals surface area contributed by atoms with E-state index in [1.807, 2.05) is 0 Å². The van der Waals surface area contributed by atoms with Crippen LogP contribution in [0.5, 0.6) is 0 Å². The zero-order chi connectivity index (χ0) is 12.8. The molecule has 2 aliphatic rings. The second-order valence-corrected chi connectivity index (χ2v) is 6.04. The Morgan fingerprint density at radius 1 is 1.11 bits per heavy atom. The monoisotopic (exact) mass is 255 g/mol. The minimum atomic E-state index is 0.305. The summed E-state index contributed by atoms with van der Waals surface area (Å²) >= 11 is 0. The van der Waals surface area contributed by atoms with Crippen LogP contribution in [0.3, 0.4) is 0 Å². The first-order valence-electron chi connectivity index (χ1n) is 7.77. The van der Waals surface area contributed by atoms with Crippen molar-refractivity contribution < 1.29 is 9.84 Å². The minimum absolute atomic E-state index is 0.305. The number of rotatable bonds is 5. The second kappa shape index (κ2) is 7.46. The highest BCUT2D eigenvalue weighted by atomic mass is 16.5. The Morgan fingerprint density at radius 2 is 1.89 bits per heavy atom. The van der Waals surface area contributed by atoms with Crippen molar-refractivity contribution in [2.45, 2.75) is 64.0 Å². The molecule has 0 aromatic heterocycles. The van der Waals surface area contributed by atoms with E-state index in [0.29, 0.717) is 18.8 Å². The molecule has 3 heteroatoms. The van der Waals surface area contributed by atoms with Gasteiger partial charge in [0.05, 0.1) is 19.3 Å². The molecule has 0 spiro atoms. The van der Waals surface area contributed by atoms with Crippen molar-refractivity contribution in [3.63, 3.8) is 0 Å². The number of aliphatic hydroxyl groups excluding tert-OH is 1. The van der Waals surface area contributed by atoms with Gasteiger partial charge in [0.15, 0.2) is 0 Å². The summed E-state index contributed by atoms with van der Waals surface area (Å²) in [5.41, 5.74) is 0. The van der Waals surface area contributed by atoms with E-state index in [1.165, 1.54) is 38.5 Å². The number of likely N-dealkylation sites (tertiary alicyclic amines) is 1. The summed E-state index contributed by atoms with van der Waals surface area (Å²) in [6.45, 7) is 5.59. The van der Waals surface area contributed by atoms with Crippen LogP contribution in [0.15, 0.2) is 0 Å². The predicted octanol–water partition coefficient (Wildman–Crippen LogP) is 2.43. The van der Waals surface area contributed by atoms with Gasteiger partial charge < -0.3 is 9.84 Å². The number of nitrogens with zero attached hydrogens (tertiary/aromatic N) is 1. The van der Waals surface area contributed by atoms with Crippen LogP contribution in [0.1, 0.15) is 51.9 Å². The van der Waals surface area contributed by atoms with Crippen LogP contribution >= 0.6 is 0 Å². The highest BCUT2D eigenvalue weighted by Gasteiger charge is 2.24. The molecule has 1 aliphatic carbocycles. The number of piperidine rings is 1. The van der Waals surface area contributed by atoms with Gasteiger partial charge in [-0.15, -0.1) is 0 Å². The number of hydrogen-bond donors (Lipinski definition) is 1. The van der Waals surface area contributed by atoms with E-state index in [9.17, 15) is 5.11 Å². The van der Waals surface area contributed by atoms with E-state index in [0.717, 1.165) is 32.0 Å². The van der Waals surface area contributed by atoms with E-state index in [2.05, 4.69) is 11.8 Å². The third-order valence-corrected chi connectivity index (χ3v) is 4.70. The number of aliphatic hydroxyl groups is 1. The molecule has 3 atom stereocenters. The molecule has 1 saturated carbocycles. The summed E-state index contributed by atoms with van der Waals surface area (Å²) in [7, 11) is 0. The number of hydrogen-bond acceptors (Lipinski definition) is 3. The highest BCUT2D eigenvalue weighted by Crippen LogP contribution is 2.26. The topological polar surface area (TPSA) is 32.7 Å². The maximum atomic E-state index is 9.37. The van der Waals surface area contributed by atoms with Gasteiger partial charge in [-0.2, -0.15) is 0 Å². The second-order valence-electron chi connectivity index (χ2n) is 6.04. The predicted molar refractivity (Wildman–Crippen MR) is 73.7 cm³/mol. The average molecular weight is 255 g/mol. The third-order valence-electron chi connectivity index (χ3n) is 4.70. The molecule has 2 rings (SSSR count). The molecule has 0 aromatic carbocycles. The van der Waals surface area contributed by atoms with Crippen molar-refractivity contribution in [3.8, 4) is 0 Å². The van der Waals surface area contributed by atoms with Gasteiger partial charge in [0.1, 0.15) is 0 Å². The molecular formula is C15H29NO2. The zero-order valence-corrected chi connectivity index (χ0v) is 11.8.